The highest BCUT2D eigenvalue weighted by molar-refractivity contribution is 5.98. The average molecular weight is 360 g/mol. The normalized spacial score (nSPS) is 19.9. The second-order valence-corrected chi connectivity index (χ2v) is 6.88. The van der Waals surface area contributed by atoms with Gasteiger partial charge in [-0.3, -0.25) is 9.69 Å². The number of fused-ring (bicyclic) bond motifs is 2. The Morgan fingerprint density at radius 1 is 1.11 bits per heavy atom. The van der Waals surface area contributed by atoms with Crippen LogP contribution in [0, 0.1) is 0 Å². The van der Waals surface area contributed by atoms with Crippen molar-refractivity contribution >= 4 is 17.3 Å². The van der Waals surface area contributed by atoms with E-state index in [9.17, 15) is 4.79 Å². The molecule has 5 heteroatoms. The van der Waals surface area contributed by atoms with Crippen molar-refractivity contribution in [3.63, 3.8) is 0 Å². The smallest absolute Gasteiger partial charge is 0.224 e. The number of nitrogens with one attached hydrogen (secondary N) is 1. The van der Waals surface area contributed by atoms with Crippen LogP contribution in [-0.2, 0) is 4.79 Å². The number of carbonyl (C=O) groups excluding carboxylic acids is 1. The maximum atomic E-state index is 12.8. The monoisotopic (exact) mass is 360 g/mol. The zero-order valence-electron chi connectivity index (χ0n) is 15.1. The highest BCUT2D eigenvalue weighted by Crippen LogP contribution is 2.46. The van der Waals surface area contributed by atoms with Gasteiger partial charge < -0.3 is 14.8 Å². The van der Waals surface area contributed by atoms with Gasteiger partial charge in [0.2, 0.25) is 5.91 Å². The molecular weight excluding hydrogens is 340 g/mol. The van der Waals surface area contributed by atoms with Gasteiger partial charge in [-0.1, -0.05) is 30.4 Å². The minimum absolute atomic E-state index is 0.00168. The number of ether oxygens (including phenoxy) is 2. The molecule has 1 atom stereocenters. The summed E-state index contributed by atoms with van der Waals surface area (Å²) in [5, 5.41) is 3.54. The Bertz CT molecular complexity index is 993. The summed E-state index contributed by atoms with van der Waals surface area (Å²) in [6, 6.07) is 13.7. The minimum atomic E-state index is -0.219. The van der Waals surface area contributed by atoms with Crippen molar-refractivity contribution in [2.75, 3.05) is 23.4 Å². The first-order valence-corrected chi connectivity index (χ1v) is 9.17. The molecule has 1 aliphatic carbocycles. The number of rotatable bonds is 1. The van der Waals surface area contributed by atoms with E-state index in [2.05, 4.69) is 17.5 Å². The molecule has 0 saturated carbocycles. The molecule has 1 N–H and O–H groups in total. The largest absolute Gasteiger partial charge is 0.486 e. The van der Waals surface area contributed by atoms with Crippen LogP contribution in [0.4, 0.5) is 11.4 Å². The summed E-state index contributed by atoms with van der Waals surface area (Å²) in [5.74, 6) is 1.48. The van der Waals surface area contributed by atoms with Gasteiger partial charge in [-0.2, -0.15) is 0 Å². The van der Waals surface area contributed by atoms with E-state index >= 15 is 0 Å². The summed E-state index contributed by atoms with van der Waals surface area (Å²) in [4.78, 5) is 14.6. The van der Waals surface area contributed by atoms with Crippen molar-refractivity contribution < 1.29 is 14.3 Å². The maximum Gasteiger partial charge on any atom is 0.224 e. The lowest BCUT2D eigenvalue weighted by molar-refractivity contribution is -0.116. The van der Waals surface area contributed by atoms with Crippen molar-refractivity contribution in [2.24, 2.45) is 0 Å². The van der Waals surface area contributed by atoms with Crippen molar-refractivity contribution in [3.8, 4) is 11.5 Å². The van der Waals surface area contributed by atoms with E-state index in [0.717, 1.165) is 46.1 Å². The van der Waals surface area contributed by atoms with E-state index in [1.165, 1.54) is 0 Å². The van der Waals surface area contributed by atoms with Crippen LogP contribution in [0.2, 0.25) is 0 Å². The van der Waals surface area contributed by atoms with Gasteiger partial charge in [0.1, 0.15) is 13.2 Å². The Labute approximate surface area is 157 Å². The van der Waals surface area contributed by atoms with Gasteiger partial charge in [0.05, 0.1) is 17.4 Å². The van der Waals surface area contributed by atoms with Gasteiger partial charge in [-0.25, -0.2) is 0 Å². The fourth-order valence-electron chi connectivity index (χ4n) is 4.04. The number of hydrogen-bond acceptors (Lipinski definition) is 4. The molecule has 0 radical (unpaired) electrons. The summed E-state index contributed by atoms with van der Waals surface area (Å²) in [6.45, 7) is 2.71. The fourth-order valence-corrected chi connectivity index (χ4v) is 4.04. The maximum absolute atomic E-state index is 12.8. The van der Waals surface area contributed by atoms with Crippen LogP contribution in [-0.4, -0.2) is 19.1 Å². The third-order valence-electron chi connectivity index (χ3n) is 5.19. The van der Waals surface area contributed by atoms with Gasteiger partial charge in [-0.15, -0.1) is 0 Å². The lowest BCUT2D eigenvalue weighted by Gasteiger charge is -2.32. The van der Waals surface area contributed by atoms with Crippen LogP contribution >= 0.6 is 0 Å². The summed E-state index contributed by atoms with van der Waals surface area (Å²) in [6.07, 6.45) is 5.08. The molecular formula is C22H20N2O3. The van der Waals surface area contributed by atoms with Crippen LogP contribution in [0.25, 0.3) is 0 Å². The first-order valence-electron chi connectivity index (χ1n) is 9.17. The molecule has 27 heavy (non-hydrogen) atoms. The van der Waals surface area contributed by atoms with E-state index in [0.29, 0.717) is 13.2 Å². The molecule has 2 aliphatic heterocycles. The number of allylic oxidation sites excluding steroid dienone is 1. The molecule has 136 valence electrons. The molecule has 1 unspecified atom stereocenters. The molecule has 0 aromatic heterocycles. The lowest BCUT2D eigenvalue weighted by atomic mass is 9.95. The van der Waals surface area contributed by atoms with Crippen LogP contribution in [0.1, 0.15) is 24.9 Å². The van der Waals surface area contributed by atoms with E-state index in [1.807, 2.05) is 47.4 Å². The molecule has 0 fully saturated rings. The highest BCUT2D eigenvalue weighted by atomic mass is 16.6. The van der Waals surface area contributed by atoms with Gasteiger partial charge >= 0.3 is 0 Å². The van der Waals surface area contributed by atoms with Gasteiger partial charge in [0.15, 0.2) is 11.5 Å². The van der Waals surface area contributed by atoms with Crippen LogP contribution in [0.15, 0.2) is 65.9 Å². The minimum Gasteiger partial charge on any atom is -0.486 e. The lowest BCUT2D eigenvalue weighted by Crippen LogP contribution is -2.33. The summed E-state index contributed by atoms with van der Waals surface area (Å²) < 4.78 is 11.4. The van der Waals surface area contributed by atoms with Gasteiger partial charge in [0, 0.05) is 19.0 Å². The average Bonchev–Trinajstić information content (AvgIpc) is 3.08. The quantitative estimate of drug-likeness (QED) is 0.828. The van der Waals surface area contributed by atoms with Crippen molar-refractivity contribution in [1.82, 2.24) is 0 Å². The number of anilines is 2. The third-order valence-corrected chi connectivity index (χ3v) is 5.19. The topological polar surface area (TPSA) is 50.8 Å². The molecule has 0 saturated heterocycles. The fraction of sp³-hybridized carbons (Fsp3) is 0.227. The molecule has 3 aliphatic rings. The summed E-state index contributed by atoms with van der Waals surface area (Å²) in [7, 11) is 0. The van der Waals surface area contributed by atoms with E-state index in [1.54, 1.807) is 6.92 Å². The Morgan fingerprint density at radius 3 is 2.78 bits per heavy atom. The number of para-hydroxylation sites is 2. The predicted molar refractivity (Wildman–Crippen MR) is 104 cm³/mol. The Balaban J connectivity index is 1.71. The number of hydrogen-bond donors (Lipinski definition) is 1. The van der Waals surface area contributed by atoms with Crippen molar-refractivity contribution in [1.29, 1.82) is 0 Å². The molecule has 2 aromatic carbocycles. The molecule has 5 rings (SSSR count). The highest BCUT2D eigenvalue weighted by Gasteiger charge is 2.34. The molecule has 0 spiro atoms. The zero-order valence-corrected chi connectivity index (χ0v) is 15.1. The van der Waals surface area contributed by atoms with Crippen LogP contribution in [0.5, 0.6) is 11.5 Å². The second kappa shape index (κ2) is 6.20. The number of benzene rings is 2. The Morgan fingerprint density at radius 2 is 1.93 bits per heavy atom. The molecule has 2 aromatic rings. The number of nitrogens with zero attached hydrogens (tertiary/aromatic N) is 1. The van der Waals surface area contributed by atoms with Crippen molar-refractivity contribution in [2.45, 2.75) is 19.4 Å². The van der Waals surface area contributed by atoms with Crippen LogP contribution < -0.4 is 19.7 Å². The molecule has 5 nitrogen and oxygen atoms in total. The molecule has 1 amide bonds. The summed E-state index contributed by atoms with van der Waals surface area (Å²) in [5.41, 5.74) is 5.08. The molecule has 2 heterocycles. The Kier molecular flexibility index (Phi) is 3.67. The summed E-state index contributed by atoms with van der Waals surface area (Å²) >= 11 is 0. The molecule has 0 bridgehead atoms. The second-order valence-electron chi connectivity index (χ2n) is 6.88. The third kappa shape index (κ3) is 2.58. The first-order chi connectivity index (χ1) is 13.2. The van der Waals surface area contributed by atoms with E-state index in [-0.39, 0.29) is 11.9 Å². The van der Waals surface area contributed by atoms with Crippen LogP contribution in [0.3, 0.4) is 0 Å². The zero-order chi connectivity index (χ0) is 18.4. The SMILES string of the molecule is CC(=O)N1c2ccccc2NC2=C(C=CC2)C1c1ccc2c(c1)OCCO2. The predicted octanol–water partition coefficient (Wildman–Crippen LogP) is 4.19. The van der Waals surface area contributed by atoms with Crippen molar-refractivity contribution in [3.05, 3.63) is 71.5 Å². The first kappa shape index (κ1) is 16.0. The Hall–Kier alpha value is -3.21. The number of amides is 1. The van der Waals surface area contributed by atoms with E-state index in [4.69, 9.17) is 9.47 Å². The standard InChI is InChI=1S/C22H20N2O3/c1-14(25)24-19-8-3-2-6-18(19)23-17-7-4-5-16(17)22(24)15-9-10-20-21(13-15)27-12-11-26-20/h2-6,8-10,13,22-23H,7,11-12H2,1H3. The van der Waals surface area contributed by atoms with Gasteiger partial charge in [0.25, 0.3) is 0 Å². The van der Waals surface area contributed by atoms with Gasteiger partial charge in [-0.05, 0) is 35.4 Å². The van der Waals surface area contributed by atoms with E-state index < -0.39 is 0 Å². The number of carbonyl (C=O) groups is 1.